The van der Waals surface area contributed by atoms with Crippen LogP contribution >= 0.6 is 35.0 Å². The quantitative estimate of drug-likeness (QED) is 0.382. The van der Waals surface area contributed by atoms with Crippen molar-refractivity contribution in [2.75, 3.05) is 19.8 Å². The van der Waals surface area contributed by atoms with Gasteiger partial charge in [0.2, 0.25) is 0 Å². The molecule has 0 spiro atoms. The number of terminal acetylenes is 1. The van der Waals surface area contributed by atoms with Gasteiger partial charge in [-0.25, -0.2) is 0 Å². The number of halogens is 2. The number of benzene rings is 1. The van der Waals surface area contributed by atoms with Crippen LogP contribution in [-0.2, 0) is 33.3 Å². The molecule has 0 aliphatic carbocycles. The van der Waals surface area contributed by atoms with E-state index in [0.29, 0.717) is 16.7 Å². The van der Waals surface area contributed by atoms with Gasteiger partial charge in [0.25, 0.3) is 0 Å². The molecular formula is C21H24Cl2O7S. The summed E-state index contributed by atoms with van der Waals surface area (Å²) in [5, 5.41) is 0.779. The molecule has 1 aliphatic rings. The first-order valence-electron chi connectivity index (χ1n) is 9.51. The zero-order chi connectivity index (χ0) is 23.0. The topological polar surface area (TPSA) is 80.3 Å². The smallest absolute Gasteiger partial charge is 0.303 e. The summed E-state index contributed by atoms with van der Waals surface area (Å²) in [5.74, 6) is 1.30. The van der Waals surface area contributed by atoms with E-state index in [1.165, 1.54) is 25.6 Å². The zero-order valence-electron chi connectivity index (χ0n) is 17.3. The van der Waals surface area contributed by atoms with Crippen LogP contribution in [0.3, 0.4) is 0 Å². The predicted octanol–water partition coefficient (Wildman–Crippen LogP) is 3.73. The molecule has 0 amide bonds. The van der Waals surface area contributed by atoms with E-state index in [1.54, 1.807) is 18.2 Å². The highest BCUT2D eigenvalue weighted by atomic mass is 35.5. The number of carbonyl (C=O) groups is 2. The third-order valence-electron chi connectivity index (χ3n) is 4.18. The summed E-state index contributed by atoms with van der Waals surface area (Å²) in [6.45, 7) is 4.86. The maximum absolute atomic E-state index is 11.9. The molecule has 170 valence electrons. The number of carbonyl (C=O) groups excluding carboxylic acids is 2. The second-order valence-electron chi connectivity index (χ2n) is 6.52. The van der Waals surface area contributed by atoms with Gasteiger partial charge in [0, 0.05) is 25.3 Å². The molecule has 1 aromatic rings. The molecular weight excluding hydrogens is 467 g/mol. The Morgan fingerprint density at radius 1 is 1.13 bits per heavy atom. The molecule has 1 aliphatic heterocycles. The lowest BCUT2D eigenvalue weighted by Crippen LogP contribution is -2.61. The molecule has 10 heteroatoms. The number of hydrogen-bond acceptors (Lipinski definition) is 8. The minimum atomic E-state index is -0.924. The highest BCUT2D eigenvalue weighted by Crippen LogP contribution is 2.39. The van der Waals surface area contributed by atoms with Gasteiger partial charge in [0.15, 0.2) is 12.2 Å². The Kier molecular flexibility index (Phi) is 10.4. The van der Waals surface area contributed by atoms with Crippen LogP contribution < -0.4 is 0 Å². The first kappa shape index (κ1) is 25.8. The maximum atomic E-state index is 11.9. The van der Waals surface area contributed by atoms with Gasteiger partial charge in [-0.15, -0.1) is 6.42 Å². The van der Waals surface area contributed by atoms with Gasteiger partial charge in [-0.05, 0) is 25.1 Å². The van der Waals surface area contributed by atoms with Gasteiger partial charge in [0.05, 0.1) is 16.7 Å². The molecule has 7 nitrogen and oxygen atoms in total. The van der Waals surface area contributed by atoms with E-state index >= 15 is 0 Å². The normalized spacial score (nSPS) is 25.5. The molecule has 1 saturated heterocycles. The Bertz CT molecular complexity index is 813. The van der Waals surface area contributed by atoms with Crippen LogP contribution in [0.1, 0.15) is 20.8 Å². The summed E-state index contributed by atoms with van der Waals surface area (Å²) < 4.78 is 28.5. The fourth-order valence-electron chi connectivity index (χ4n) is 3.01. The Morgan fingerprint density at radius 2 is 1.81 bits per heavy atom. The average molecular weight is 491 g/mol. The average Bonchev–Trinajstić information content (AvgIpc) is 2.70. The number of hydrogen-bond donors (Lipinski definition) is 0. The van der Waals surface area contributed by atoms with Crippen molar-refractivity contribution in [3.8, 4) is 12.3 Å². The van der Waals surface area contributed by atoms with Gasteiger partial charge in [-0.1, -0.05) is 40.9 Å². The van der Waals surface area contributed by atoms with E-state index < -0.39 is 41.8 Å². The summed E-state index contributed by atoms with van der Waals surface area (Å²) in [7, 11) is 0. The first-order valence-corrected chi connectivity index (χ1v) is 11.1. The standard InChI is InChI=1S/C21H24Cl2O7S/c1-5-9-27-19-18(28-12(3)24)17(11-26-6-2)30-21(20(19)29-13(4)25)31-14-7-8-15(22)16(23)10-14/h1,7-8,10,17-21H,6,9,11H2,2-4H3/t17?,18-,19?,20?,21+/m0/s1. The summed E-state index contributed by atoms with van der Waals surface area (Å²) in [5.41, 5.74) is -0.721. The number of thioether (sulfide) groups is 1. The van der Waals surface area contributed by atoms with Crippen molar-refractivity contribution < 1.29 is 33.3 Å². The van der Waals surface area contributed by atoms with E-state index in [4.69, 9.17) is 53.3 Å². The summed E-state index contributed by atoms with van der Waals surface area (Å²) in [4.78, 5) is 24.4. The minimum Gasteiger partial charge on any atom is -0.457 e. The largest absolute Gasteiger partial charge is 0.457 e. The third-order valence-corrected chi connectivity index (χ3v) is 6.06. The molecule has 31 heavy (non-hydrogen) atoms. The number of ether oxygens (including phenoxy) is 5. The monoisotopic (exact) mass is 490 g/mol. The van der Waals surface area contributed by atoms with Crippen molar-refractivity contribution >= 4 is 46.9 Å². The summed E-state index contributed by atoms with van der Waals surface area (Å²) in [6.07, 6.45) is 1.99. The van der Waals surface area contributed by atoms with Gasteiger partial charge in [-0.3, -0.25) is 9.59 Å². The molecule has 1 heterocycles. The highest BCUT2D eigenvalue weighted by molar-refractivity contribution is 7.99. The number of rotatable bonds is 9. The van der Waals surface area contributed by atoms with Crippen LogP contribution in [0.4, 0.5) is 0 Å². The summed E-state index contributed by atoms with van der Waals surface area (Å²) in [6, 6.07) is 5.09. The fourth-order valence-corrected chi connectivity index (χ4v) is 4.52. The predicted molar refractivity (Wildman–Crippen MR) is 117 cm³/mol. The van der Waals surface area contributed by atoms with Crippen molar-refractivity contribution in [2.45, 2.75) is 55.5 Å². The van der Waals surface area contributed by atoms with Crippen LogP contribution in [0, 0.1) is 12.3 Å². The van der Waals surface area contributed by atoms with E-state index in [2.05, 4.69) is 5.92 Å². The van der Waals surface area contributed by atoms with Crippen molar-refractivity contribution in [3.05, 3.63) is 28.2 Å². The van der Waals surface area contributed by atoms with E-state index in [9.17, 15) is 9.59 Å². The molecule has 2 rings (SSSR count). The van der Waals surface area contributed by atoms with Gasteiger partial charge >= 0.3 is 11.9 Å². The van der Waals surface area contributed by atoms with Gasteiger partial charge in [-0.2, -0.15) is 0 Å². The van der Waals surface area contributed by atoms with Crippen LogP contribution in [0.5, 0.6) is 0 Å². The zero-order valence-corrected chi connectivity index (χ0v) is 19.7. The van der Waals surface area contributed by atoms with Gasteiger partial charge < -0.3 is 23.7 Å². The minimum absolute atomic E-state index is 0.0777. The second-order valence-corrected chi connectivity index (χ2v) is 8.51. The van der Waals surface area contributed by atoms with Crippen LogP contribution in [0.25, 0.3) is 0 Å². The van der Waals surface area contributed by atoms with Crippen LogP contribution in [0.15, 0.2) is 23.1 Å². The highest BCUT2D eigenvalue weighted by Gasteiger charge is 2.50. The lowest BCUT2D eigenvalue weighted by atomic mass is 9.99. The van der Waals surface area contributed by atoms with Gasteiger partial charge in [0.1, 0.15) is 24.3 Å². The molecule has 0 aromatic heterocycles. The second kappa shape index (κ2) is 12.5. The lowest BCUT2D eigenvalue weighted by molar-refractivity contribution is -0.238. The van der Waals surface area contributed by atoms with Crippen LogP contribution in [-0.4, -0.2) is 61.6 Å². The van der Waals surface area contributed by atoms with E-state index in [-0.39, 0.29) is 13.2 Å². The van der Waals surface area contributed by atoms with Crippen molar-refractivity contribution in [1.82, 2.24) is 0 Å². The first-order chi connectivity index (χ1) is 14.8. The summed E-state index contributed by atoms with van der Waals surface area (Å²) >= 11 is 13.4. The molecule has 0 N–H and O–H groups in total. The Morgan fingerprint density at radius 3 is 2.39 bits per heavy atom. The number of esters is 2. The Hall–Kier alpha value is -1.47. The molecule has 0 saturated carbocycles. The molecule has 0 radical (unpaired) electrons. The molecule has 3 unspecified atom stereocenters. The molecule has 1 aromatic carbocycles. The fraction of sp³-hybridized carbons (Fsp3) is 0.524. The third kappa shape index (κ3) is 7.56. The SMILES string of the molecule is C#CCOC1C(OC(C)=O)[C@@H](Sc2ccc(Cl)c(Cl)c2)OC(COCC)[C@@H]1OC(C)=O. The maximum Gasteiger partial charge on any atom is 0.303 e. The van der Waals surface area contributed by atoms with Crippen molar-refractivity contribution in [2.24, 2.45) is 0 Å². The van der Waals surface area contributed by atoms with E-state index in [0.717, 1.165) is 4.90 Å². The Balaban J connectivity index is 2.41. The lowest BCUT2D eigenvalue weighted by Gasteiger charge is -2.44. The molecule has 5 atom stereocenters. The molecule has 1 fully saturated rings. The molecule has 0 bridgehead atoms. The van der Waals surface area contributed by atoms with Crippen molar-refractivity contribution in [3.63, 3.8) is 0 Å². The van der Waals surface area contributed by atoms with Crippen LogP contribution in [0.2, 0.25) is 10.0 Å². The van der Waals surface area contributed by atoms with E-state index in [1.807, 2.05) is 6.92 Å². The van der Waals surface area contributed by atoms with Crippen molar-refractivity contribution in [1.29, 1.82) is 0 Å². The Labute approximate surface area is 196 Å².